The average molecular weight is 179 g/mol. The number of aromatic amines is 1. The molecular weight excluding hydrogens is 169 g/mol. The third-order valence-electron chi connectivity index (χ3n) is 1.86. The second-order valence-electron chi connectivity index (χ2n) is 2.85. The van der Waals surface area contributed by atoms with Gasteiger partial charge in [-0.3, -0.25) is 0 Å². The van der Waals surface area contributed by atoms with Crippen molar-refractivity contribution in [1.82, 2.24) is 15.3 Å². The van der Waals surface area contributed by atoms with Gasteiger partial charge in [0.15, 0.2) is 5.82 Å². The predicted octanol–water partition coefficient (Wildman–Crippen LogP) is 1.42. The van der Waals surface area contributed by atoms with E-state index >= 15 is 0 Å². The lowest BCUT2D eigenvalue weighted by Crippen LogP contribution is -2.06. The summed E-state index contributed by atoms with van der Waals surface area (Å²) in [4.78, 5) is 7.13. The van der Waals surface area contributed by atoms with Gasteiger partial charge in [-0.2, -0.15) is 0 Å². The topological polar surface area (TPSA) is 40.7 Å². The fourth-order valence-electron chi connectivity index (χ4n) is 1.30. The summed E-state index contributed by atoms with van der Waals surface area (Å²) in [6.45, 7) is 0.619. The van der Waals surface area contributed by atoms with Crippen molar-refractivity contribution < 1.29 is 4.39 Å². The van der Waals surface area contributed by atoms with Gasteiger partial charge in [-0.25, -0.2) is 9.37 Å². The molecule has 1 aromatic carbocycles. The lowest BCUT2D eigenvalue weighted by molar-refractivity contribution is 0.636. The number of para-hydroxylation sites is 1. The number of hydrogen-bond acceptors (Lipinski definition) is 2. The molecular formula is C9H10FN3. The first kappa shape index (κ1) is 8.19. The molecule has 0 saturated heterocycles. The number of fused-ring (bicyclic) bond motifs is 1. The maximum atomic E-state index is 13.1. The van der Waals surface area contributed by atoms with E-state index in [0.29, 0.717) is 12.1 Å². The first-order valence-electron chi connectivity index (χ1n) is 4.09. The summed E-state index contributed by atoms with van der Waals surface area (Å²) in [6, 6.07) is 4.88. The Morgan fingerprint density at radius 3 is 3.08 bits per heavy atom. The third-order valence-corrected chi connectivity index (χ3v) is 1.86. The normalized spacial score (nSPS) is 10.9. The molecule has 0 aliphatic carbocycles. The van der Waals surface area contributed by atoms with Crippen molar-refractivity contribution in [3.63, 3.8) is 0 Å². The second-order valence-corrected chi connectivity index (χ2v) is 2.85. The molecule has 2 N–H and O–H groups in total. The molecule has 0 amide bonds. The van der Waals surface area contributed by atoms with Gasteiger partial charge in [0.1, 0.15) is 11.3 Å². The highest BCUT2D eigenvalue weighted by Crippen LogP contribution is 2.14. The molecule has 0 spiro atoms. The molecule has 0 radical (unpaired) electrons. The van der Waals surface area contributed by atoms with Crippen molar-refractivity contribution >= 4 is 11.0 Å². The Morgan fingerprint density at radius 2 is 2.38 bits per heavy atom. The standard InChI is InChI=1S/C9H10FN3/c1-11-5-8-12-7-4-2-3-6(10)9(7)13-8/h2-4,11H,5H2,1H3,(H,12,13). The van der Waals surface area contributed by atoms with Crippen molar-refractivity contribution in [2.45, 2.75) is 6.54 Å². The third kappa shape index (κ3) is 1.40. The number of benzene rings is 1. The summed E-state index contributed by atoms with van der Waals surface area (Å²) in [5.74, 6) is 0.471. The van der Waals surface area contributed by atoms with Gasteiger partial charge in [0, 0.05) is 0 Å². The van der Waals surface area contributed by atoms with Crippen LogP contribution in [-0.4, -0.2) is 17.0 Å². The Kier molecular flexibility index (Phi) is 1.98. The first-order chi connectivity index (χ1) is 6.31. The van der Waals surface area contributed by atoms with Crippen LogP contribution in [0.15, 0.2) is 18.2 Å². The van der Waals surface area contributed by atoms with E-state index in [2.05, 4.69) is 15.3 Å². The minimum Gasteiger partial charge on any atom is -0.341 e. The van der Waals surface area contributed by atoms with E-state index in [4.69, 9.17) is 0 Å². The fourth-order valence-corrected chi connectivity index (χ4v) is 1.30. The van der Waals surface area contributed by atoms with Gasteiger partial charge in [0.2, 0.25) is 0 Å². The van der Waals surface area contributed by atoms with Crippen molar-refractivity contribution in [3.8, 4) is 0 Å². The number of nitrogens with one attached hydrogen (secondary N) is 2. The molecule has 0 bridgehead atoms. The molecule has 0 saturated carbocycles. The zero-order chi connectivity index (χ0) is 9.26. The highest BCUT2D eigenvalue weighted by atomic mass is 19.1. The Hall–Kier alpha value is -1.42. The number of hydrogen-bond donors (Lipinski definition) is 2. The maximum absolute atomic E-state index is 13.1. The van der Waals surface area contributed by atoms with Crippen LogP contribution in [0.3, 0.4) is 0 Å². The average Bonchev–Trinajstić information content (AvgIpc) is 2.49. The van der Waals surface area contributed by atoms with Crippen LogP contribution in [0.5, 0.6) is 0 Å². The summed E-state index contributed by atoms with van der Waals surface area (Å²) < 4.78 is 13.1. The van der Waals surface area contributed by atoms with E-state index in [9.17, 15) is 4.39 Å². The second kappa shape index (κ2) is 3.14. The molecule has 0 fully saturated rings. The number of H-pyrrole nitrogens is 1. The maximum Gasteiger partial charge on any atom is 0.151 e. The number of halogens is 1. The monoisotopic (exact) mass is 179 g/mol. The minimum atomic E-state index is -0.281. The summed E-state index contributed by atoms with van der Waals surface area (Å²) in [7, 11) is 1.82. The molecule has 1 heterocycles. The quantitative estimate of drug-likeness (QED) is 0.732. The van der Waals surface area contributed by atoms with Crippen molar-refractivity contribution in [2.24, 2.45) is 0 Å². The van der Waals surface area contributed by atoms with Gasteiger partial charge in [0.05, 0.1) is 12.1 Å². The van der Waals surface area contributed by atoms with Crippen LogP contribution in [0.25, 0.3) is 11.0 Å². The van der Waals surface area contributed by atoms with Crippen LogP contribution in [0, 0.1) is 5.82 Å². The largest absolute Gasteiger partial charge is 0.341 e. The van der Waals surface area contributed by atoms with E-state index in [0.717, 1.165) is 11.3 Å². The number of rotatable bonds is 2. The summed E-state index contributed by atoms with van der Waals surface area (Å²) in [6.07, 6.45) is 0. The lowest BCUT2D eigenvalue weighted by atomic mass is 10.3. The molecule has 0 aliphatic heterocycles. The summed E-state index contributed by atoms with van der Waals surface area (Å²) in [5, 5.41) is 2.95. The SMILES string of the molecule is CNCc1nc2c(F)cccc2[nH]1. The van der Waals surface area contributed by atoms with E-state index in [-0.39, 0.29) is 5.82 Å². The smallest absolute Gasteiger partial charge is 0.151 e. The van der Waals surface area contributed by atoms with Crippen molar-refractivity contribution in [2.75, 3.05) is 7.05 Å². The fraction of sp³-hybridized carbons (Fsp3) is 0.222. The summed E-state index contributed by atoms with van der Waals surface area (Å²) in [5.41, 5.74) is 1.15. The minimum absolute atomic E-state index is 0.281. The van der Waals surface area contributed by atoms with E-state index in [1.54, 1.807) is 6.07 Å². The zero-order valence-corrected chi connectivity index (χ0v) is 7.26. The van der Waals surface area contributed by atoms with Crippen LogP contribution in [0.2, 0.25) is 0 Å². The van der Waals surface area contributed by atoms with Crippen LogP contribution in [0.4, 0.5) is 4.39 Å². The molecule has 4 heteroatoms. The van der Waals surface area contributed by atoms with Gasteiger partial charge < -0.3 is 10.3 Å². The van der Waals surface area contributed by atoms with Gasteiger partial charge >= 0.3 is 0 Å². The first-order valence-corrected chi connectivity index (χ1v) is 4.09. The van der Waals surface area contributed by atoms with Crippen molar-refractivity contribution in [3.05, 3.63) is 29.8 Å². The zero-order valence-electron chi connectivity index (χ0n) is 7.26. The van der Waals surface area contributed by atoms with Crippen LogP contribution in [-0.2, 0) is 6.54 Å². The van der Waals surface area contributed by atoms with Crippen LogP contribution < -0.4 is 5.32 Å². The number of imidazole rings is 1. The van der Waals surface area contributed by atoms with Gasteiger partial charge in [-0.1, -0.05) is 6.07 Å². The Bertz CT molecular complexity index is 422. The summed E-state index contributed by atoms with van der Waals surface area (Å²) >= 11 is 0. The molecule has 0 unspecified atom stereocenters. The molecule has 1 aromatic heterocycles. The number of aromatic nitrogens is 2. The Morgan fingerprint density at radius 1 is 1.54 bits per heavy atom. The van der Waals surface area contributed by atoms with Crippen molar-refractivity contribution in [1.29, 1.82) is 0 Å². The highest BCUT2D eigenvalue weighted by Gasteiger charge is 2.05. The van der Waals surface area contributed by atoms with E-state index < -0.39 is 0 Å². The van der Waals surface area contributed by atoms with Crippen LogP contribution >= 0.6 is 0 Å². The lowest BCUT2D eigenvalue weighted by Gasteiger charge is -1.89. The number of nitrogens with zero attached hydrogens (tertiary/aromatic N) is 1. The Labute approximate surface area is 75.0 Å². The molecule has 2 aromatic rings. The predicted molar refractivity (Wildman–Crippen MR) is 48.8 cm³/mol. The molecule has 2 rings (SSSR count). The molecule has 0 atom stereocenters. The van der Waals surface area contributed by atoms with Gasteiger partial charge in [0.25, 0.3) is 0 Å². The molecule has 3 nitrogen and oxygen atoms in total. The molecule has 13 heavy (non-hydrogen) atoms. The van der Waals surface area contributed by atoms with Gasteiger partial charge in [-0.05, 0) is 19.2 Å². The highest BCUT2D eigenvalue weighted by molar-refractivity contribution is 5.75. The van der Waals surface area contributed by atoms with Crippen LogP contribution in [0.1, 0.15) is 5.82 Å². The Balaban J connectivity index is 2.55. The van der Waals surface area contributed by atoms with E-state index in [1.165, 1.54) is 6.07 Å². The molecule has 68 valence electrons. The van der Waals surface area contributed by atoms with Gasteiger partial charge in [-0.15, -0.1) is 0 Å². The molecule has 0 aliphatic rings. The van der Waals surface area contributed by atoms with E-state index in [1.807, 2.05) is 13.1 Å².